The third-order valence-electron chi connectivity index (χ3n) is 1.96. The summed E-state index contributed by atoms with van der Waals surface area (Å²) >= 11 is 3.12. The lowest BCUT2D eigenvalue weighted by molar-refractivity contribution is -0.132. The molecule has 0 aliphatic carbocycles. The van der Waals surface area contributed by atoms with Crippen LogP contribution in [0.4, 0.5) is 0 Å². The first kappa shape index (κ1) is 13.4. The van der Waals surface area contributed by atoms with E-state index in [-0.39, 0.29) is 18.4 Å². The zero-order chi connectivity index (χ0) is 12.0. The van der Waals surface area contributed by atoms with Crippen LogP contribution < -0.4 is 5.32 Å². The normalized spacial score (nSPS) is 14.5. The number of amides is 2. The molecule has 0 unspecified atom stereocenters. The van der Waals surface area contributed by atoms with Crippen molar-refractivity contribution >= 4 is 39.7 Å². The lowest BCUT2D eigenvalue weighted by Crippen LogP contribution is -2.37. The van der Waals surface area contributed by atoms with E-state index in [1.807, 2.05) is 0 Å². The van der Waals surface area contributed by atoms with Crippen LogP contribution in [-0.2, 0) is 9.59 Å². The van der Waals surface area contributed by atoms with E-state index in [1.54, 1.807) is 25.9 Å². The molecule has 90 valence electrons. The largest absolute Gasteiger partial charge is 0.358 e. The van der Waals surface area contributed by atoms with E-state index in [9.17, 15) is 9.59 Å². The molecule has 7 heteroatoms. The second kappa shape index (κ2) is 6.80. The van der Waals surface area contributed by atoms with Gasteiger partial charge in [-0.1, -0.05) is 23.5 Å². The molecule has 0 aromatic carbocycles. The van der Waals surface area contributed by atoms with Crippen LogP contribution >= 0.6 is 23.5 Å². The summed E-state index contributed by atoms with van der Waals surface area (Å²) in [7, 11) is 3.18. The molecule has 0 atom stereocenters. The van der Waals surface area contributed by atoms with E-state index in [0.717, 1.165) is 16.7 Å². The molecule has 16 heavy (non-hydrogen) atoms. The van der Waals surface area contributed by atoms with Crippen molar-refractivity contribution in [3.8, 4) is 0 Å². The molecule has 5 nitrogen and oxygen atoms in total. The molecule has 1 aliphatic heterocycles. The Labute approximate surface area is 103 Å². The Hall–Kier alpha value is -0.690. The topological polar surface area (TPSA) is 61.8 Å². The van der Waals surface area contributed by atoms with Gasteiger partial charge in [0.15, 0.2) is 0 Å². The van der Waals surface area contributed by atoms with Gasteiger partial charge in [-0.3, -0.25) is 14.6 Å². The minimum absolute atomic E-state index is 0.0520. The van der Waals surface area contributed by atoms with Crippen LogP contribution in [0.25, 0.3) is 0 Å². The van der Waals surface area contributed by atoms with Gasteiger partial charge in [0.05, 0.1) is 18.8 Å². The molecule has 1 N–H and O–H groups in total. The zero-order valence-corrected chi connectivity index (χ0v) is 11.0. The molecule has 0 saturated heterocycles. The lowest BCUT2D eigenvalue weighted by atomic mass is 10.5. The van der Waals surface area contributed by atoms with Crippen molar-refractivity contribution < 1.29 is 9.59 Å². The highest BCUT2D eigenvalue weighted by molar-refractivity contribution is 8.39. The quantitative estimate of drug-likeness (QED) is 0.775. The summed E-state index contributed by atoms with van der Waals surface area (Å²) in [6.45, 7) is 0.949. The number of hydrogen-bond donors (Lipinski definition) is 1. The highest BCUT2D eigenvalue weighted by Gasteiger charge is 2.15. The Morgan fingerprint density at radius 1 is 1.62 bits per heavy atom. The molecule has 0 saturated carbocycles. The third-order valence-corrected chi connectivity index (χ3v) is 4.20. The second-order valence-corrected chi connectivity index (χ2v) is 5.51. The summed E-state index contributed by atoms with van der Waals surface area (Å²) < 4.78 is 0.974. The van der Waals surface area contributed by atoms with Crippen LogP contribution in [0.15, 0.2) is 4.99 Å². The maximum Gasteiger partial charge on any atom is 0.239 e. The van der Waals surface area contributed by atoms with Crippen LogP contribution in [-0.4, -0.2) is 59.8 Å². The van der Waals surface area contributed by atoms with Crippen molar-refractivity contribution in [2.24, 2.45) is 4.99 Å². The van der Waals surface area contributed by atoms with Gasteiger partial charge in [-0.2, -0.15) is 0 Å². The van der Waals surface area contributed by atoms with Gasteiger partial charge in [-0.25, -0.2) is 0 Å². The van der Waals surface area contributed by atoms with Gasteiger partial charge in [0.1, 0.15) is 4.38 Å². The van der Waals surface area contributed by atoms with Crippen molar-refractivity contribution in [1.82, 2.24) is 10.2 Å². The zero-order valence-electron chi connectivity index (χ0n) is 9.36. The Morgan fingerprint density at radius 2 is 2.38 bits per heavy atom. The smallest absolute Gasteiger partial charge is 0.239 e. The Bertz CT molecular complexity index is 307. The van der Waals surface area contributed by atoms with Crippen LogP contribution in [0.2, 0.25) is 0 Å². The average molecular weight is 261 g/mol. The number of nitrogens with zero attached hydrogens (tertiary/aromatic N) is 2. The van der Waals surface area contributed by atoms with Gasteiger partial charge in [0.2, 0.25) is 11.8 Å². The maximum absolute atomic E-state index is 11.6. The summed E-state index contributed by atoms with van der Waals surface area (Å²) in [6, 6.07) is 0. The number of nitrogens with one attached hydrogen (secondary N) is 1. The standard InChI is InChI=1S/C9H15N3O2S2/c1-10-7(13)5-12(2)8(14)6-16-9-11-3-4-15-9/h3-6H2,1-2H3,(H,10,13). The molecular weight excluding hydrogens is 246 g/mol. The van der Waals surface area contributed by atoms with E-state index < -0.39 is 0 Å². The fraction of sp³-hybridized carbons (Fsp3) is 0.667. The fourth-order valence-electron chi connectivity index (χ4n) is 1.02. The van der Waals surface area contributed by atoms with Crippen LogP contribution in [0.3, 0.4) is 0 Å². The van der Waals surface area contributed by atoms with Gasteiger partial charge in [-0.15, -0.1) is 0 Å². The summed E-state index contributed by atoms with van der Waals surface area (Å²) in [6.07, 6.45) is 0. The number of carbonyl (C=O) groups is 2. The minimum Gasteiger partial charge on any atom is -0.358 e. The number of likely N-dealkylation sites (N-methyl/N-ethyl adjacent to an activating group) is 2. The number of thioether (sulfide) groups is 2. The number of hydrogen-bond acceptors (Lipinski definition) is 5. The van der Waals surface area contributed by atoms with E-state index in [2.05, 4.69) is 10.3 Å². The summed E-state index contributed by atoms with van der Waals surface area (Å²) in [5.41, 5.74) is 0. The van der Waals surface area contributed by atoms with Gasteiger partial charge in [-0.05, 0) is 0 Å². The molecule has 1 rings (SSSR count). The molecule has 0 fully saturated rings. The van der Waals surface area contributed by atoms with E-state index in [1.165, 1.54) is 16.7 Å². The predicted molar refractivity (Wildman–Crippen MR) is 68.9 cm³/mol. The van der Waals surface area contributed by atoms with Crippen LogP contribution in [0.5, 0.6) is 0 Å². The lowest BCUT2D eigenvalue weighted by Gasteiger charge is -2.15. The molecule has 0 spiro atoms. The first-order valence-electron chi connectivity index (χ1n) is 4.88. The van der Waals surface area contributed by atoms with Crippen molar-refractivity contribution in [2.75, 3.05) is 38.7 Å². The SMILES string of the molecule is CNC(=O)CN(C)C(=O)CSC1=NCCS1. The highest BCUT2D eigenvalue weighted by Crippen LogP contribution is 2.21. The summed E-state index contributed by atoms with van der Waals surface area (Å²) in [5, 5.41) is 2.48. The Morgan fingerprint density at radius 3 is 2.94 bits per heavy atom. The van der Waals surface area contributed by atoms with Crippen LogP contribution in [0.1, 0.15) is 0 Å². The van der Waals surface area contributed by atoms with Gasteiger partial charge in [0, 0.05) is 19.8 Å². The van der Waals surface area contributed by atoms with E-state index in [4.69, 9.17) is 0 Å². The van der Waals surface area contributed by atoms with Gasteiger partial charge < -0.3 is 10.2 Å². The van der Waals surface area contributed by atoms with Gasteiger partial charge >= 0.3 is 0 Å². The van der Waals surface area contributed by atoms with Crippen molar-refractivity contribution in [3.05, 3.63) is 0 Å². The third kappa shape index (κ3) is 4.44. The first-order chi connectivity index (χ1) is 7.63. The monoisotopic (exact) mass is 261 g/mol. The summed E-state index contributed by atoms with van der Waals surface area (Å²) in [5.74, 6) is 1.14. The molecule has 0 bridgehead atoms. The predicted octanol–water partition coefficient (Wildman–Crippen LogP) is 0.0268. The Balaban J connectivity index is 2.25. The highest BCUT2D eigenvalue weighted by atomic mass is 32.2. The van der Waals surface area contributed by atoms with Crippen LogP contribution in [0, 0.1) is 0 Å². The first-order valence-corrected chi connectivity index (χ1v) is 6.85. The van der Waals surface area contributed by atoms with Crippen molar-refractivity contribution in [3.63, 3.8) is 0 Å². The molecule has 2 amide bonds. The molecule has 1 aliphatic rings. The molecule has 0 radical (unpaired) electrons. The number of carbonyl (C=O) groups excluding carboxylic acids is 2. The van der Waals surface area contributed by atoms with E-state index >= 15 is 0 Å². The Kier molecular flexibility index (Phi) is 5.68. The molecule has 0 aromatic rings. The number of rotatable bonds is 4. The van der Waals surface area contributed by atoms with Crippen molar-refractivity contribution in [1.29, 1.82) is 0 Å². The average Bonchev–Trinajstić information content (AvgIpc) is 2.78. The molecule has 0 aromatic heterocycles. The molecular formula is C9H15N3O2S2. The number of aliphatic imine (C=N–C) groups is 1. The fourth-order valence-corrected chi connectivity index (χ4v) is 2.97. The molecule has 1 heterocycles. The van der Waals surface area contributed by atoms with Crippen molar-refractivity contribution in [2.45, 2.75) is 0 Å². The van der Waals surface area contributed by atoms with E-state index in [0.29, 0.717) is 5.75 Å². The second-order valence-electron chi connectivity index (χ2n) is 3.21. The van der Waals surface area contributed by atoms with Gasteiger partial charge in [0.25, 0.3) is 0 Å². The summed E-state index contributed by atoms with van der Waals surface area (Å²) in [4.78, 5) is 28.3. The minimum atomic E-state index is -0.159. The maximum atomic E-state index is 11.6.